The Kier molecular flexibility index (Phi) is 13.1. The van der Waals surface area contributed by atoms with Crippen LogP contribution >= 0.6 is 23.2 Å². The van der Waals surface area contributed by atoms with Gasteiger partial charge in [0.15, 0.2) is 0 Å². The molecule has 2 unspecified atom stereocenters. The van der Waals surface area contributed by atoms with Gasteiger partial charge in [-0.05, 0) is 62.1 Å². The first-order valence-corrected chi connectivity index (χ1v) is 18.9. The van der Waals surface area contributed by atoms with Crippen LogP contribution in [-0.4, -0.2) is 95.0 Å². The first-order valence-electron chi connectivity index (χ1n) is 18.2. The zero-order valence-electron chi connectivity index (χ0n) is 30.0. The van der Waals surface area contributed by atoms with Gasteiger partial charge in [-0.3, -0.25) is 19.6 Å². The van der Waals surface area contributed by atoms with Gasteiger partial charge < -0.3 is 24.1 Å². The fraction of sp³-hybridized carbons (Fsp3) is 0.439. The van der Waals surface area contributed by atoms with E-state index in [2.05, 4.69) is 16.0 Å². The molecule has 3 aromatic rings. The molecule has 10 nitrogen and oxygen atoms in total. The quantitative estimate of drug-likeness (QED) is 0.127. The highest BCUT2D eigenvalue weighted by Gasteiger charge is 2.51. The molecule has 0 bridgehead atoms. The van der Waals surface area contributed by atoms with E-state index in [4.69, 9.17) is 42.1 Å². The zero-order valence-corrected chi connectivity index (χ0v) is 31.5. The first kappa shape index (κ1) is 38.8. The zero-order chi connectivity index (χ0) is 37.3. The molecule has 1 aromatic heterocycles. The summed E-state index contributed by atoms with van der Waals surface area (Å²) in [6.45, 7) is 7.70. The van der Waals surface area contributed by atoms with Gasteiger partial charge in [0.1, 0.15) is 47.3 Å². The third-order valence-corrected chi connectivity index (χ3v) is 11.1. The lowest BCUT2D eigenvalue weighted by Crippen LogP contribution is -2.55. The molecule has 2 fully saturated rings. The number of alkyl halides is 1. The number of allylic oxidation sites excluding steroid dienone is 2. The van der Waals surface area contributed by atoms with E-state index in [1.165, 1.54) is 6.20 Å². The number of benzene rings is 2. The summed E-state index contributed by atoms with van der Waals surface area (Å²) in [5.41, 5.74) is 2.68. The van der Waals surface area contributed by atoms with Crippen LogP contribution in [0.1, 0.15) is 54.9 Å². The van der Waals surface area contributed by atoms with Crippen LogP contribution < -0.4 is 9.47 Å². The lowest BCUT2D eigenvalue weighted by molar-refractivity contribution is -0.144. The molecule has 0 radical (unpaired) electrons. The lowest BCUT2D eigenvalue weighted by Gasteiger charge is -2.45. The van der Waals surface area contributed by atoms with Crippen molar-refractivity contribution < 1.29 is 28.8 Å². The van der Waals surface area contributed by atoms with Crippen LogP contribution in [0.4, 0.5) is 0 Å². The van der Waals surface area contributed by atoms with Crippen LogP contribution in [0, 0.1) is 11.3 Å². The second kappa shape index (κ2) is 17.9. The maximum absolute atomic E-state index is 12.1. The van der Waals surface area contributed by atoms with Crippen molar-refractivity contribution in [3.05, 3.63) is 106 Å². The van der Waals surface area contributed by atoms with Crippen LogP contribution in [0.5, 0.6) is 11.5 Å². The van der Waals surface area contributed by atoms with Crippen molar-refractivity contribution in [2.75, 3.05) is 52.6 Å². The van der Waals surface area contributed by atoms with E-state index in [0.717, 1.165) is 68.8 Å². The third kappa shape index (κ3) is 9.41. The molecular weight excluding hydrogens is 715 g/mol. The number of nitriles is 1. The van der Waals surface area contributed by atoms with Crippen LogP contribution in [0.3, 0.4) is 0 Å². The Labute approximate surface area is 321 Å². The summed E-state index contributed by atoms with van der Waals surface area (Å²) < 4.78 is 25.3. The smallest absolute Gasteiger partial charge is 0.320 e. The molecule has 1 aliphatic carbocycles. The normalized spacial score (nSPS) is 23.6. The highest BCUT2D eigenvalue weighted by Crippen LogP contribution is 2.48. The van der Waals surface area contributed by atoms with Gasteiger partial charge in [0, 0.05) is 62.4 Å². The van der Waals surface area contributed by atoms with Crippen molar-refractivity contribution in [1.29, 1.82) is 5.26 Å². The van der Waals surface area contributed by atoms with Crippen molar-refractivity contribution in [3.8, 4) is 17.6 Å². The molecule has 3 heterocycles. The number of hydrogen-bond donors (Lipinski definition) is 1. The topological polar surface area (TPSA) is 117 Å². The molecule has 1 N–H and O–H groups in total. The summed E-state index contributed by atoms with van der Waals surface area (Å²) in [5.74, 6) is 0.0109. The average molecular weight is 762 g/mol. The van der Waals surface area contributed by atoms with Crippen molar-refractivity contribution in [1.82, 2.24) is 14.8 Å². The predicted molar refractivity (Wildman–Crippen MR) is 204 cm³/mol. The number of nitrogens with zero attached hydrogens (tertiary/aromatic N) is 4. The van der Waals surface area contributed by atoms with E-state index >= 15 is 0 Å². The van der Waals surface area contributed by atoms with Crippen molar-refractivity contribution >= 4 is 34.7 Å². The van der Waals surface area contributed by atoms with Crippen molar-refractivity contribution in [3.63, 3.8) is 0 Å². The Hall–Kier alpha value is -3.95. The Balaban J connectivity index is 1.28. The van der Waals surface area contributed by atoms with Crippen LogP contribution in [0.25, 0.3) is 5.57 Å². The SMILES string of the molecule is CC1(Cl)C(c2ccccc2)=CC=CC1(COc1cc(OCc2cncc(C#N)c2)c(CN2CCCC[C@H]2C(=O)O)cc1Cl)OCCCN1CCOCC1. The second-order valence-corrected chi connectivity index (χ2v) is 15.0. The number of aliphatic carboxylic acids is 1. The highest BCUT2D eigenvalue weighted by atomic mass is 35.5. The van der Waals surface area contributed by atoms with Crippen LogP contribution in [0.15, 0.2) is 79.2 Å². The van der Waals surface area contributed by atoms with Gasteiger partial charge in [-0.25, -0.2) is 0 Å². The van der Waals surface area contributed by atoms with Crippen molar-refractivity contribution in [2.45, 2.75) is 62.3 Å². The Morgan fingerprint density at radius 2 is 1.91 bits per heavy atom. The van der Waals surface area contributed by atoms with Gasteiger partial charge in [0.2, 0.25) is 0 Å². The summed E-state index contributed by atoms with van der Waals surface area (Å²) in [4.78, 5) is 19.6. The maximum atomic E-state index is 12.1. The van der Waals surface area contributed by atoms with Gasteiger partial charge in [-0.1, -0.05) is 60.5 Å². The van der Waals surface area contributed by atoms with Gasteiger partial charge in [-0.2, -0.15) is 5.26 Å². The Bertz CT molecular complexity index is 1820. The van der Waals surface area contributed by atoms with E-state index in [0.29, 0.717) is 53.8 Å². The molecule has 53 heavy (non-hydrogen) atoms. The molecule has 12 heteroatoms. The number of hydrogen-bond acceptors (Lipinski definition) is 9. The molecule has 0 spiro atoms. The maximum Gasteiger partial charge on any atom is 0.320 e. The number of pyridine rings is 1. The monoisotopic (exact) mass is 760 g/mol. The summed E-state index contributed by atoms with van der Waals surface area (Å²) in [6, 6.07) is 16.8. The predicted octanol–water partition coefficient (Wildman–Crippen LogP) is 7.13. The number of likely N-dealkylation sites (tertiary alicyclic amines) is 1. The summed E-state index contributed by atoms with van der Waals surface area (Å²) >= 11 is 14.5. The Morgan fingerprint density at radius 3 is 2.68 bits per heavy atom. The molecule has 2 aliphatic heterocycles. The second-order valence-electron chi connectivity index (χ2n) is 13.8. The molecular formula is C41H46Cl2N4O6. The highest BCUT2D eigenvalue weighted by molar-refractivity contribution is 6.32. The van der Waals surface area contributed by atoms with Crippen LogP contribution in [0.2, 0.25) is 5.02 Å². The number of ether oxygens (including phenoxy) is 4. The van der Waals surface area contributed by atoms with Gasteiger partial charge in [0.25, 0.3) is 0 Å². The number of rotatable bonds is 15. The number of carboxylic acid groups (broad SMARTS) is 1. The number of carbonyl (C=O) groups is 1. The Morgan fingerprint density at radius 1 is 1.09 bits per heavy atom. The van der Waals surface area contributed by atoms with Crippen LogP contribution in [-0.2, 0) is 27.4 Å². The summed E-state index contributed by atoms with van der Waals surface area (Å²) in [5, 5.41) is 19.7. The fourth-order valence-electron chi connectivity index (χ4n) is 7.20. The summed E-state index contributed by atoms with van der Waals surface area (Å²) in [6.07, 6.45) is 12.2. The van der Waals surface area contributed by atoms with E-state index in [1.807, 2.05) is 60.4 Å². The minimum atomic E-state index is -1.07. The lowest BCUT2D eigenvalue weighted by atomic mass is 9.76. The minimum absolute atomic E-state index is 0.0467. The van der Waals surface area contributed by atoms with Gasteiger partial charge >= 0.3 is 5.97 Å². The fourth-order valence-corrected chi connectivity index (χ4v) is 7.78. The molecule has 0 amide bonds. The number of carboxylic acids is 1. The summed E-state index contributed by atoms with van der Waals surface area (Å²) in [7, 11) is 0. The standard InChI is InChI=1S/C41H46Cl2N4O6/c1-40(43)34(32-9-3-2-4-10-32)11-7-13-41(40,53-18-8-14-46-16-19-50-20-17-46)29-52-38-23-37(51-28-31-21-30(24-44)25-45-26-31)33(22-35(38)42)27-47-15-6-5-12-36(47)39(48)49/h2-4,7,9-11,13,21-23,25-26,36H,5-6,8,12,14-20,27-29H2,1H3,(H,48,49)/t36-,40?,41?/m0/s1. The first-order chi connectivity index (χ1) is 25.7. The van der Waals surface area contributed by atoms with E-state index < -0.39 is 22.5 Å². The number of piperidine rings is 1. The van der Waals surface area contributed by atoms with Gasteiger partial charge in [0.05, 0.1) is 23.8 Å². The van der Waals surface area contributed by atoms with Gasteiger partial charge in [-0.15, -0.1) is 11.6 Å². The largest absolute Gasteiger partial charge is 0.488 e. The number of aromatic nitrogens is 1. The van der Waals surface area contributed by atoms with E-state index in [9.17, 15) is 15.2 Å². The molecule has 3 aliphatic rings. The molecule has 2 aromatic carbocycles. The third-order valence-electron chi connectivity index (χ3n) is 10.2. The number of halogens is 2. The molecule has 6 rings (SSSR count). The minimum Gasteiger partial charge on any atom is -0.488 e. The molecule has 280 valence electrons. The molecule has 0 saturated carbocycles. The van der Waals surface area contributed by atoms with Crippen molar-refractivity contribution in [2.24, 2.45) is 0 Å². The number of morpholine rings is 1. The van der Waals surface area contributed by atoms with E-state index in [1.54, 1.807) is 24.4 Å². The molecule has 2 saturated heterocycles. The molecule has 3 atom stereocenters. The average Bonchev–Trinajstić information content (AvgIpc) is 3.17. The van der Waals surface area contributed by atoms with E-state index in [-0.39, 0.29) is 13.2 Å².